The Morgan fingerprint density at radius 1 is 1.17 bits per heavy atom. The molecule has 0 atom stereocenters. The average Bonchev–Trinajstić information content (AvgIpc) is 0.722. The van der Waals surface area contributed by atoms with Crippen molar-refractivity contribution >= 4 is 63.4 Å². The summed E-state index contributed by atoms with van der Waals surface area (Å²) in [4.78, 5) is 0. The van der Waals surface area contributed by atoms with Gasteiger partial charge in [0.1, 0.15) is 0 Å². The first-order valence-corrected chi connectivity index (χ1v) is 4.07. The van der Waals surface area contributed by atoms with Gasteiger partial charge in [0.2, 0.25) is 0 Å². The molecule has 0 saturated heterocycles. The van der Waals surface area contributed by atoms with Crippen LogP contribution >= 0.6 is 0 Å². The summed E-state index contributed by atoms with van der Waals surface area (Å²) in [7, 11) is 0. The fourth-order valence-corrected chi connectivity index (χ4v) is 0. The summed E-state index contributed by atoms with van der Waals surface area (Å²) in [6, 6.07) is 0. The number of hydrogen-bond acceptors (Lipinski definition) is 1. The summed E-state index contributed by atoms with van der Waals surface area (Å²) in [6.45, 7) is 0. The van der Waals surface area contributed by atoms with E-state index in [0.29, 0.717) is 0 Å². The summed E-state index contributed by atoms with van der Waals surface area (Å²) in [5, 5.41) is 0. The van der Waals surface area contributed by atoms with Crippen LogP contribution in [0.4, 0.5) is 0 Å². The Morgan fingerprint density at radius 3 is 1.17 bits per heavy atom. The van der Waals surface area contributed by atoms with Crippen molar-refractivity contribution in [1.29, 1.82) is 0 Å². The van der Waals surface area contributed by atoms with Crippen molar-refractivity contribution in [3.8, 4) is 0 Å². The van der Waals surface area contributed by atoms with E-state index in [1.165, 1.54) is 0 Å². The van der Waals surface area contributed by atoms with Gasteiger partial charge in [-0.25, -0.2) is 0 Å². The third-order valence-corrected chi connectivity index (χ3v) is 0. The third-order valence-electron chi connectivity index (χ3n) is 0. The molecule has 0 spiro atoms. The SMILES string of the molecule is O=[As](O)(O)O.[BaH2]. The minimum absolute atomic E-state index is 0. The van der Waals surface area contributed by atoms with Crippen LogP contribution in [0.2, 0.25) is 0 Å². The molecule has 0 aromatic heterocycles. The Bertz CT molecular complexity index is 53.7. The van der Waals surface area contributed by atoms with Crippen LogP contribution in [-0.4, -0.2) is 75.7 Å². The molecule has 0 unspecified atom stereocenters. The molecule has 0 aromatic carbocycles. The van der Waals surface area contributed by atoms with E-state index in [1.54, 1.807) is 0 Å². The van der Waals surface area contributed by atoms with Gasteiger partial charge in [0, 0.05) is 0 Å². The van der Waals surface area contributed by atoms with Gasteiger partial charge in [0.05, 0.1) is 0 Å². The van der Waals surface area contributed by atoms with Crippen LogP contribution in [0.25, 0.3) is 0 Å². The zero-order valence-corrected chi connectivity index (χ0v) is 4.07. The molecule has 3 N–H and O–H groups in total. The van der Waals surface area contributed by atoms with Crippen molar-refractivity contribution in [2.24, 2.45) is 0 Å². The Balaban J connectivity index is 0. The molecule has 6 heavy (non-hydrogen) atoms. The van der Waals surface area contributed by atoms with Crippen LogP contribution < -0.4 is 0 Å². The Labute approximate surface area is 78.0 Å². The van der Waals surface area contributed by atoms with Gasteiger partial charge in [0.15, 0.2) is 0 Å². The van der Waals surface area contributed by atoms with Crippen LogP contribution in [0.3, 0.4) is 0 Å². The Morgan fingerprint density at radius 2 is 1.17 bits per heavy atom. The molecule has 0 heterocycles. The normalized spacial score (nSPS) is 9.83. The molecule has 0 aliphatic heterocycles. The first kappa shape index (κ1) is 10.7. The molecule has 0 aliphatic carbocycles. The quantitative estimate of drug-likeness (QED) is 0.411. The van der Waals surface area contributed by atoms with Crippen molar-refractivity contribution in [3.63, 3.8) is 0 Å². The summed E-state index contributed by atoms with van der Waals surface area (Å²) < 4.78 is 30.7. The van der Waals surface area contributed by atoms with E-state index in [9.17, 15) is 0 Å². The van der Waals surface area contributed by atoms with Crippen LogP contribution in [0.1, 0.15) is 0 Å². The fraction of sp³-hybridized carbons (Fsp3) is 0. The first-order chi connectivity index (χ1) is 2.00. The van der Waals surface area contributed by atoms with Gasteiger partial charge in [-0.1, -0.05) is 0 Å². The number of hydrogen-bond donors (Lipinski definition) is 3. The van der Waals surface area contributed by atoms with E-state index in [0.717, 1.165) is 0 Å². The van der Waals surface area contributed by atoms with Crippen molar-refractivity contribution < 1.29 is 16.0 Å². The molecule has 0 amide bonds. The molecule has 0 bridgehead atoms. The fourth-order valence-electron chi connectivity index (χ4n) is 0. The zero-order chi connectivity index (χ0) is 4.50. The van der Waals surface area contributed by atoms with Gasteiger partial charge in [0.25, 0.3) is 0 Å². The van der Waals surface area contributed by atoms with Crippen LogP contribution in [0.15, 0.2) is 0 Å². The summed E-state index contributed by atoms with van der Waals surface area (Å²) in [5.41, 5.74) is 0. The first-order valence-electron chi connectivity index (χ1n) is 0.783. The van der Waals surface area contributed by atoms with Crippen molar-refractivity contribution in [3.05, 3.63) is 0 Å². The van der Waals surface area contributed by atoms with Gasteiger partial charge < -0.3 is 0 Å². The number of rotatable bonds is 0. The van der Waals surface area contributed by atoms with Gasteiger partial charge in [-0.05, 0) is 0 Å². The second-order valence-corrected chi connectivity index (χ2v) is 2.67. The average molecular weight is 281 g/mol. The van der Waals surface area contributed by atoms with E-state index in [4.69, 9.17) is 16.0 Å². The topological polar surface area (TPSA) is 77.8 Å². The van der Waals surface area contributed by atoms with Crippen molar-refractivity contribution in [2.45, 2.75) is 0 Å². The van der Waals surface area contributed by atoms with E-state index >= 15 is 0 Å². The summed E-state index contributed by atoms with van der Waals surface area (Å²) in [6.07, 6.45) is 0. The molecule has 36 valence electrons. The summed E-state index contributed by atoms with van der Waals surface area (Å²) >= 11 is -5.12. The van der Waals surface area contributed by atoms with Gasteiger partial charge in [-0.15, -0.1) is 0 Å². The van der Waals surface area contributed by atoms with E-state index in [2.05, 4.69) is 0 Å². The van der Waals surface area contributed by atoms with E-state index in [1.807, 2.05) is 0 Å². The summed E-state index contributed by atoms with van der Waals surface area (Å²) in [5.74, 6) is 0. The van der Waals surface area contributed by atoms with Crippen LogP contribution in [0.5, 0.6) is 0 Å². The van der Waals surface area contributed by atoms with E-state index < -0.39 is 14.5 Å². The minimum atomic E-state index is -5.12. The van der Waals surface area contributed by atoms with Gasteiger partial charge in [-0.3, -0.25) is 0 Å². The predicted octanol–water partition coefficient (Wildman–Crippen LogP) is -3.09. The molecule has 0 radical (unpaired) electrons. The Hall–Kier alpha value is 1.81. The van der Waals surface area contributed by atoms with Crippen molar-refractivity contribution in [1.82, 2.24) is 0 Å². The van der Waals surface area contributed by atoms with Gasteiger partial charge >= 0.3 is 79.4 Å². The second-order valence-electron chi connectivity index (χ2n) is 0.513. The van der Waals surface area contributed by atoms with Crippen LogP contribution in [0, 0.1) is 0 Å². The predicted molar refractivity (Wildman–Crippen MR) is 21.6 cm³/mol. The molecular weight excluding hydrogens is 276 g/mol. The standard InChI is InChI=1S/AsH3O4.Ba.2H/c2-1(3,4)5;;;/h(H3,2,3,4,5);;;. The molecule has 0 saturated carbocycles. The maximum atomic E-state index is 8.94. The maximum absolute atomic E-state index is 8.94. The molecule has 0 rings (SSSR count). The Kier molecular flexibility index (Phi) is 6.74. The molecule has 0 fully saturated rings. The molecule has 0 aromatic rings. The zero-order valence-electron chi connectivity index (χ0n) is 2.20. The molecule has 6 heteroatoms. The van der Waals surface area contributed by atoms with Crippen molar-refractivity contribution in [2.75, 3.05) is 0 Å². The molecule has 4 nitrogen and oxygen atoms in total. The second kappa shape index (κ2) is 3.77. The monoisotopic (exact) mass is 282 g/mol. The van der Waals surface area contributed by atoms with E-state index in [-0.39, 0.29) is 48.9 Å². The van der Waals surface area contributed by atoms with Crippen LogP contribution in [-0.2, 0) is 3.74 Å². The molecular formula is H5AsBaO4. The third kappa shape index (κ3) is 41.0. The molecule has 0 aliphatic rings. The van der Waals surface area contributed by atoms with Gasteiger partial charge in [-0.2, -0.15) is 0 Å².